The Morgan fingerprint density at radius 1 is 1.03 bits per heavy atom. The second-order valence-electron chi connectivity index (χ2n) is 7.66. The van der Waals surface area contributed by atoms with E-state index in [2.05, 4.69) is 35.5 Å². The third-order valence-electron chi connectivity index (χ3n) is 5.45. The van der Waals surface area contributed by atoms with Crippen LogP contribution in [-0.2, 0) is 13.1 Å². The number of carbonyl (C=O) groups is 1. The van der Waals surface area contributed by atoms with Gasteiger partial charge in [-0.2, -0.15) is 0 Å². The Hall–Kier alpha value is -3.67. The van der Waals surface area contributed by atoms with Gasteiger partial charge in [-0.1, -0.05) is 18.2 Å². The highest BCUT2D eigenvalue weighted by Gasteiger charge is 2.17. The molecule has 4 rings (SSSR count). The van der Waals surface area contributed by atoms with E-state index in [-0.39, 0.29) is 5.91 Å². The van der Waals surface area contributed by atoms with Gasteiger partial charge in [-0.25, -0.2) is 4.98 Å². The third kappa shape index (κ3) is 4.58. The van der Waals surface area contributed by atoms with Gasteiger partial charge in [0.15, 0.2) is 0 Å². The smallest absolute Gasteiger partial charge is 0.254 e. The van der Waals surface area contributed by atoms with Gasteiger partial charge in [-0.05, 0) is 61.4 Å². The Bertz CT molecular complexity index is 1200. The van der Waals surface area contributed by atoms with Gasteiger partial charge in [0.2, 0.25) is 0 Å². The predicted octanol–water partition coefficient (Wildman–Crippen LogP) is 4.40. The number of benzene rings is 2. The van der Waals surface area contributed by atoms with Gasteiger partial charge < -0.3 is 14.2 Å². The van der Waals surface area contributed by atoms with Crippen molar-refractivity contribution in [2.24, 2.45) is 0 Å². The van der Waals surface area contributed by atoms with Crippen molar-refractivity contribution in [2.45, 2.75) is 26.9 Å². The largest absolute Gasteiger partial charge is 0.492 e. The van der Waals surface area contributed by atoms with Crippen LogP contribution >= 0.6 is 0 Å². The first-order chi connectivity index (χ1) is 15.0. The highest BCUT2D eigenvalue weighted by Crippen LogP contribution is 2.19. The SMILES string of the molecule is Cc1ccc(OCCn2c(CN(C)C(=O)c3ccncc3)nc3ccccc32)cc1C. The van der Waals surface area contributed by atoms with Crippen LogP contribution in [0.2, 0.25) is 0 Å². The summed E-state index contributed by atoms with van der Waals surface area (Å²) in [4.78, 5) is 23.2. The molecule has 0 saturated carbocycles. The minimum atomic E-state index is -0.0626. The van der Waals surface area contributed by atoms with Crippen LogP contribution in [0.1, 0.15) is 27.3 Å². The van der Waals surface area contributed by atoms with Crippen molar-refractivity contribution in [3.8, 4) is 5.75 Å². The fourth-order valence-electron chi connectivity index (χ4n) is 3.55. The molecule has 6 nitrogen and oxygen atoms in total. The first-order valence-corrected chi connectivity index (χ1v) is 10.3. The lowest BCUT2D eigenvalue weighted by atomic mass is 10.1. The van der Waals surface area contributed by atoms with Crippen LogP contribution in [-0.4, -0.2) is 39.0 Å². The number of hydrogen-bond acceptors (Lipinski definition) is 4. The number of imidazole rings is 1. The molecule has 0 unspecified atom stereocenters. The molecule has 0 aliphatic carbocycles. The van der Waals surface area contributed by atoms with Gasteiger partial charge in [0.25, 0.3) is 5.91 Å². The first-order valence-electron chi connectivity index (χ1n) is 10.3. The van der Waals surface area contributed by atoms with E-state index in [0.717, 1.165) is 22.6 Å². The maximum Gasteiger partial charge on any atom is 0.254 e. The van der Waals surface area contributed by atoms with Crippen LogP contribution in [0, 0.1) is 13.8 Å². The quantitative estimate of drug-likeness (QED) is 0.450. The lowest BCUT2D eigenvalue weighted by Gasteiger charge is -2.18. The average molecular weight is 415 g/mol. The summed E-state index contributed by atoms with van der Waals surface area (Å²) in [5, 5.41) is 0. The molecule has 4 aromatic rings. The molecule has 2 aromatic heterocycles. The Labute approximate surface area is 182 Å². The zero-order valence-electron chi connectivity index (χ0n) is 18.1. The minimum Gasteiger partial charge on any atom is -0.492 e. The number of carbonyl (C=O) groups excluding carboxylic acids is 1. The number of hydrogen-bond donors (Lipinski definition) is 0. The molecule has 6 heteroatoms. The molecule has 1 amide bonds. The van der Waals surface area contributed by atoms with Gasteiger partial charge in [-0.3, -0.25) is 9.78 Å². The summed E-state index contributed by atoms with van der Waals surface area (Å²) in [6.45, 7) is 5.73. The fraction of sp³-hybridized carbons (Fsp3) is 0.240. The lowest BCUT2D eigenvalue weighted by Crippen LogP contribution is -2.28. The topological polar surface area (TPSA) is 60.2 Å². The number of fused-ring (bicyclic) bond motifs is 1. The Morgan fingerprint density at radius 3 is 2.58 bits per heavy atom. The number of aryl methyl sites for hydroxylation is 2. The molecule has 0 atom stereocenters. The van der Waals surface area contributed by atoms with Crippen LogP contribution < -0.4 is 4.74 Å². The fourth-order valence-corrected chi connectivity index (χ4v) is 3.55. The standard InChI is InChI=1S/C25H26N4O2/c1-18-8-9-21(16-19(18)2)31-15-14-29-23-7-5-4-6-22(23)27-24(29)17-28(3)25(30)20-10-12-26-13-11-20/h4-13,16H,14-15,17H2,1-3H3. The highest BCUT2D eigenvalue weighted by atomic mass is 16.5. The van der Waals surface area contributed by atoms with Crippen LogP contribution in [0.4, 0.5) is 0 Å². The van der Waals surface area contributed by atoms with Crippen LogP contribution in [0.15, 0.2) is 67.0 Å². The number of ether oxygens (including phenoxy) is 1. The Balaban J connectivity index is 1.52. The molecule has 0 saturated heterocycles. The van der Waals surface area contributed by atoms with Gasteiger partial charge in [0.05, 0.1) is 24.1 Å². The molecule has 0 bridgehead atoms. The van der Waals surface area contributed by atoms with Crippen molar-refractivity contribution in [1.29, 1.82) is 0 Å². The van der Waals surface area contributed by atoms with Gasteiger partial charge in [-0.15, -0.1) is 0 Å². The summed E-state index contributed by atoms with van der Waals surface area (Å²) in [5.74, 6) is 1.63. The molecule has 0 aliphatic rings. The number of nitrogens with zero attached hydrogens (tertiary/aromatic N) is 4. The molecule has 0 radical (unpaired) electrons. The van der Waals surface area contributed by atoms with E-state index in [1.165, 1.54) is 11.1 Å². The molecule has 0 spiro atoms. The van der Waals surface area contributed by atoms with Gasteiger partial charge in [0.1, 0.15) is 18.2 Å². The Kier molecular flexibility index (Phi) is 5.98. The number of amides is 1. The summed E-state index contributed by atoms with van der Waals surface area (Å²) in [6, 6.07) is 17.6. The van der Waals surface area contributed by atoms with Crippen molar-refractivity contribution in [2.75, 3.05) is 13.7 Å². The number of rotatable bonds is 7. The highest BCUT2D eigenvalue weighted by molar-refractivity contribution is 5.93. The average Bonchev–Trinajstić information content (AvgIpc) is 3.13. The second-order valence-corrected chi connectivity index (χ2v) is 7.66. The van der Waals surface area contributed by atoms with E-state index in [1.54, 1.807) is 36.5 Å². The van der Waals surface area contributed by atoms with Gasteiger partial charge >= 0.3 is 0 Å². The molecule has 0 fully saturated rings. The second kappa shape index (κ2) is 9.00. The van der Waals surface area contributed by atoms with Crippen molar-refractivity contribution < 1.29 is 9.53 Å². The molecule has 31 heavy (non-hydrogen) atoms. The maximum absolute atomic E-state index is 12.8. The maximum atomic E-state index is 12.8. The van der Waals surface area contributed by atoms with E-state index >= 15 is 0 Å². The summed E-state index contributed by atoms with van der Waals surface area (Å²) in [7, 11) is 1.79. The zero-order chi connectivity index (χ0) is 21.8. The van der Waals surface area contributed by atoms with E-state index in [1.807, 2.05) is 30.3 Å². The molecular formula is C25H26N4O2. The van der Waals surface area contributed by atoms with Crippen molar-refractivity contribution in [3.63, 3.8) is 0 Å². The van der Waals surface area contributed by atoms with Crippen molar-refractivity contribution in [1.82, 2.24) is 19.4 Å². The predicted molar refractivity (Wildman–Crippen MR) is 121 cm³/mol. The molecule has 0 N–H and O–H groups in total. The molecule has 2 aromatic carbocycles. The Morgan fingerprint density at radius 2 is 1.81 bits per heavy atom. The van der Waals surface area contributed by atoms with Gasteiger partial charge in [0, 0.05) is 25.0 Å². The van der Waals surface area contributed by atoms with Crippen molar-refractivity contribution in [3.05, 3.63) is 89.5 Å². The summed E-state index contributed by atoms with van der Waals surface area (Å²) in [6.07, 6.45) is 3.25. The minimum absolute atomic E-state index is 0.0626. The van der Waals surface area contributed by atoms with Crippen LogP contribution in [0.3, 0.4) is 0 Å². The van der Waals surface area contributed by atoms with E-state index in [0.29, 0.717) is 25.3 Å². The number of para-hydroxylation sites is 2. The number of pyridine rings is 1. The summed E-state index contributed by atoms with van der Waals surface area (Å²) >= 11 is 0. The molecular weight excluding hydrogens is 388 g/mol. The van der Waals surface area contributed by atoms with E-state index < -0.39 is 0 Å². The van der Waals surface area contributed by atoms with Crippen LogP contribution in [0.25, 0.3) is 11.0 Å². The molecule has 0 aliphatic heterocycles. The summed E-state index contributed by atoms with van der Waals surface area (Å²) < 4.78 is 8.14. The van der Waals surface area contributed by atoms with Crippen molar-refractivity contribution >= 4 is 16.9 Å². The first kappa shape index (κ1) is 20.6. The number of aromatic nitrogens is 3. The summed E-state index contributed by atoms with van der Waals surface area (Å²) in [5.41, 5.74) is 5.01. The molecule has 2 heterocycles. The monoisotopic (exact) mass is 414 g/mol. The van der Waals surface area contributed by atoms with E-state index in [4.69, 9.17) is 9.72 Å². The third-order valence-corrected chi connectivity index (χ3v) is 5.45. The normalized spacial score (nSPS) is 10.9. The van der Waals surface area contributed by atoms with Crippen LogP contribution in [0.5, 0.6) is 5.75 Å². The van der Waals surface area contributed by atoms with E-state index in [9.17, 15) is 4.79 Å². The zero-order valence-corrected chi connectivity index (χ0v) is 18.1. The molecule has 158 valence electrons. The lowest BCUT2D eigenvalue weighted by molar-refractivity contribution is 0.0780.